The molecular weight excluding hydrogens is 294 g/mol. The number of amides is 2. The molecule has 0 bridgehead atoms. The van der Waals surface area contributed by atoms with E-state index in [-0.39, 0.29) is 24.1 Å². The van der Waals surface area contributed by atoms with Gasteiger partial charge in [-0.3, -0.25) is 14.5 Å². The van der Waals surface area contributed by atoms with Crippen LogP contribution >= 0.6 is 0 Å². The van der Waals surface area contributed by atoms with Crippen LogP contribution < -0.4 is 0 Å². The maximum Gasteiger partial charge on any atom is 0.261 e. The number of rotatable bonds is 2. The predicted octanol–water partition coefficient (Wildman–Crippen LogP) is 2.13. The molecule has 4 rings (SSSR count). The highest BCUT2D eigenvalue weighted by atomic mass is 16.3. The number of hydrogen-bond donors (Lipinski definition) is 1. The molecule has 6 nitrogen and oxygen atoms in total. The summed E-state index contributed by atoms with van der Waals surface area (Å²) in [6.07, 6.45) is 4.53. The summed E-state index contributed by atoms with van der Waals surface area (Å²) in [5.74, 6) is -0.721. The lowest BCUT2D eigenvalue weighted by Crippen LogP contribution is -2.39. The maximum atomic E-state index is 12.7. The smallest absolute Gasteiger partial charge is 0.261 e. The Morgan fingerprint density at radius 1 is 0.957 bits per heavy atom. The second kappa shape index (κ2) is 4.88. The average molecular weight is 305 g/mol. The second-order valence-electron chi connectivity index (χ2n) is 5.30. The lowest BCUT2D eigenvalue weighted by atomic mass is 9.93. The number of aromatic nitrogens is 2. The van der Waals surface area contributed by atoms with Crippen LogP contribution in [0.3, 0.4) is 0 Å². The molecule has 2 heterocycles. The topological polar surface area (TPSA) is 83.4 Å². The van der Waals surface area contributed by atoms with Crippen molar-refractivity contribution in [2.75, 3.05) is 0 Å². The molecule has 0 fully saturated rings. The van der Waals surface area contributed by atoms with Crippen LogP contribution in [0.5, 0.6) is 5.75 Å². The first-order valence-electron chi connectivity index (χ1n) is 7.01. The Kier molecular flexibility index (Phi) is 2.84. The Morgan fingerprint density at radius 3 is 2.39 bits per heavy atom. The first-order valence-corrected chi connectivity index (χ1v) is 7.01. The standard InChI is InChI=1S/C17H11N3O3/c21-14-5-4-13-15-11(14)2-1-3-12(15)16(22)20(17(13)23)8-10-6-18-9-19-7-10/h1-7,9,21H,8H2. The van der Waals surface area contributed by atoms with Gasteiger partial charge in [0.25, 0.3) is 11.8 Å². The molecule has 1 N–H and O–H groups in total. The summed E-state index contributed by atoms with van der Waals surface area (Å²) in [5, 5.41) is 11.0. The van der Waals surface area contributed by atoms with E-state index in [4.69, 9.17) is 0 Å². The summed E-state index contributed by atoms with van der Waals surface area (Å²) in [5.41, 5.74) is 1.48. The Balaban J connectivity index is 1.87. The normalized spacial score (nSPS) is 13.7. The Bertz CT molecular complexity index is 932. The molecule has 2 amide bonds. The van der Waals surface area contributed by atoms with Crippen molar-refractivity contribution in [3.8, 4) is 5.75 Å². The number of phenols is 1. The lowest BCUT2D eigenvalue weighted by Gasteiger charge is -2.27. The van der Waals surface area contributed by atoms with E-state index in [1.54, 1.807) is 36.7 Å². The van der Waals surface area contributed by atoms with E-state index >= 15 is 0 Å². The van der Waals surface area contributed by atoms with Crippen LogP contribution in [0, 0.1) is 0 Å². The van der Waals surface area contributed by atoms with Gasteiger partial charge in [-0.05, 0) is 18.2 Å². The highest BCUT2D eigenvalue weighted by Gasteiger charge is 2.33. The average Bonchev–Trinajstić information content (AvgIpc) is 2.59. The van der Waals surface area contributed by atoms with E-state index in [1.165, 1.54) is 17.3 Å². The zero-order valence-corrected chi connectivity index (χ0v) is 11.9. The van der Waals surface area contributed by atoms with Crippen LogP contribution in [-0.4, -0.2) is 31.8 Å². The van der Waals surface area contributed by atoms with Crippen molar-refractivity contribution in [3.05, 3.63) is 65.7 Å². The molecule has 1 aromatic heterocycles. The Morgan fingerprint density at radius 2 is 1.65 bits per heavy atom. The monoisotopic (exact) mass is 305 g/mol. The number of aromatic hydroxyl groups is 1. The van der Waals surface area contributed by atoms with Gasteiger partial charge in [-0.2, -0.15) is 0 Å². The molecule has 23 heavy (non-hydrogen) atoms. The van der Waals surface area contributed by atoms with Crippen molar-refractivity contribution in [1.82, 2.24) is 14.9 Å². The first kappa shape index (κ1) is 13.4. The van der Waals surface area contributed by atoms with Crippen molar-refractivity contribution in [2.45, 2.75) is 6.54 Å². The Labute approximate surface area is 131 Å². The SMILES string of the molecule is O=C1c2cccc3c(O)ccc(c23)C(=O)N1Cc1cncnc1. The third-order valence-corrected chi connectivity index (χ3v) is 3.92. The summed E-state index contributed by atoms with van der Waals surface area (Å²) in [4.78, 5) is 34.4. The number of imide groups is 1. The predicted molar refractivity (Wildman–Crippen MR) is 81.8 cm³/mol. The molecule has 0 saturated carbocycles. The minimum atomic E-state index is -0.387. The van der Waals surface area contributed by atoms with E-state index in [2.05, 4.69) is 9.97 Å². The fraction of sp³-hybridized carbons (Fsp3) is 0.0588. The van der Waals surface area contributed by atoms with E-state index in [0.717, 1.165) is 0 Å². The number of benzene rings is 2. The largest absolute Gasteiger partial charge is 0.507 e. The van der Waals surface area contributed by atoms with E-state index in [0.29, 0.717) is 27.5 Å². The van der Waals surface area contributed by atoms with Gasteiger partial charge in [-0.15, -0.1) is 0 Å². The van der Waals surface area contributed by atoms with Gasteiger partial charge in [-0.1, -0.05) is 12.1 Å². The van der Waals surface area contributed by atoms with E-state index < -0.39 is 0 Å². The van der Waals surface area contributed by atoms with Crippen molar-refractivity contribution in [2.24, 2.45) is 0 Å². The quantitative estimate of drug-likeness (QED) is 0.733. The van der Waals surface area contributed by atoms with Gasteiger partial charge < -0.3 is 5.11 Å². The van der Waals surface area contributed by atoms with Gasteiger partial charge in [0.2, 0.25) is 0 Å². The highest BCUT2D eigenvalue weighted by molar-refractivity contribution is 6.26. The molecule has 0 radical (unpaired) electrons. The van der Waals surface area contributed by atoms with Gasteiger partial charge in [0.1, 0.15) is 12.1 Å². The minimum absolute atomic E-state index is 0.0520. The van der Waals surface area contributed by atoms with Crippen molar-refractivity contribution < 1.29 is 14.7 Å². The van der Waals surface area contributed by atoms with Crippen LogP contribution in [0.1, 0.15) is 26.3 Å². The number of carbonyl (C=O) groups is 2. The van der Waals surface area contributed by atoms with Crippen LogP contribution in [-0.2, 0) is 6.54 Å². The van der Waals surface area contributed by atoms with Gasteiger partial charge in [0.05, 0.1) is 6.54 Å². The molecule has 0 spiro atoms. The zero-order valence-electron chi connectivity index (χ0n) is 11.9. The van der Waals surface area contributed by atoms with Gasteiger partial charge >= 0.3 is 0 Å². The molecular formula is C17H11N3O3. The third kappa shape index (κ3) is 1.96. The van der Waals surface area contributed by atoms with Crippen LogP contribution in [0.25, 0.3) is 10.8 Å². The minimum Gasteiger partial charge on any atom is -0.507 e. The zero-order chi connectivity index (χ0) is 16.0. The molecule has 2 aromatic carbocycles. The Hall–Kier alpha value is -3.28. The summed E-state index contributed by atoms with van der Waals surface area (Å²) in [7, 11) is 0. The highest BCUT2D eigenvalue weighted by Crippen LogP contribution is 2.35. The molecule has 0 atom stereocenters. The summed E-state index contributed by atoms with van der Waals surface area (Å²) in [6.45, 7) is 0.106. The molecule has 1 aliphatic heterocycles. The molecule has 1 aliphatic rings. The second-order valence-corrected chi connectivity index (χ2v) is 5.30. The van der Waals surface area contributed by atoms with E-state index in [1.807, 2.05) is 0 Å². The van der Waals surface area contributed by atoms with Crippen LogP contribution in [0.2, 0.25) is 0 Å². The third-order valence-electron chi connectivity index (χ3n) is 3.92. The number of phenolic OH excluding ortho intramolecular Hbond substituents is 1. The fourth-order valence-corrected chi connectivity index (χ4v) is 2.87. The first-order chi connectivity index (χ1) is 11.2. The van der Waals surface area contributed by atoms with Gasteiger partial charge in [0, 0.05) is 39.9 Å². The molecule has 0 aliphatic carbocycles. The lowest BCUT2D eigenvalue weighted by molar-refractivity contribution is 0.0598. The molecule has 0 saturated heterocycles. The number of carbonyl (C=O) groups excluding carboxylic acids is 2. The van der Waals surface area contributed by atoms with E-state index in [9.17, 15) is 14.7 Å². The fourth-order valence-electron chi connectivity index (χ4n) is 2.87. The van der Waals surface area contributed by atoms with Gasteiger partial charge in [-0.25, -0.2) is 9.97 Å². The number of hydrogen-bond acceptors (Lipinski definition) is 5. The molecule has 112 valence electrons. The summed E-state index contributed by atoms with van der Waals surface area (Å²) < 4.78 is 0. The van der Waals surface area contributed by atoms with Crippen molar-refractivity contribution in [1.29, 1.82) is 0 Å². The molecule has 0 unspecified atom stereocenters. The van der Waals surface area contributed by atoms with Gasteiger partial charge in [0.15, 0.2) is 0 Å². The van der Waals surface area contributed by atoms with Crippen molar-refractivity contribution in [3.63, 3.8) is 0 Å². The van der Waals surface area contributed by atoms with Crippen molar-refractivity contribution >= 4 is 22.6 Å². The van der Waals surface area contributed by atoms with Crippen LogP contribution in [0.4, 0.5) is 0 Å². The molecule has 6 heteroatoms. The molecule has 3 aromatic rings. The van der Waals surface area contributed by atoms with Crippen LogP contribution in [0.15, 0.2) is 49.1 Å². The maximum absolute atomic E-state index is 12.7. The number of nitrogens with zero attached hydrogens (tertiary/aromatic N) is 3. The summed E-state index contributed by atoms with van der Waals surface area (Å²) in [6, 6.07) is 8.06. The summed E-state index contributed by atoms with van der Waals surface area (Å²) >= 11 is 0.